The molecule has 1 aromatic rings. The first kappa shape index (κ1) is 13.0. The number of aryl methyl sites for hydroxylation is 1. The standard InChI is InChI=1S/C14H17NO2/c1-11-4-6-12(7-5-11)13(10-16-2)8-9-14(15)17-3/h4-10,15H,1-3H3/b9-8-,13-10-,15-14?. The topological polar surface area (TPSA) is 42.3 Å². The number of rotatable bonds is 4. The quantitative estimate of drug-likeness (QED) is 0.374. The van der Waals surface area contributed by atoms with E-state index >= 15 is 0 Å². The van der Waals surface area contributed by atoms with Crippen molar-refractivity contribution >= 4 is 11.5 Å². The van der Waals surface area contributed by atoms with Crippen molar-refractivity contribution in [3.63, 3.8) is 0 Å². The molecule has 0 heterocycles. The van der Waals surface area contributed by atoms with E-state index in [0.717, 1.165) is 11.1 Å². The molecule has 0 aliphatic rings. The second-order valence-electron chi connectivity index (χ2n) is 3.58. The van der Waals surface area contributed by atoms with Gasteiger partial charge in [-0.3, -0.25) is 5.41 Å². The molecule has 1 aromatic carbocycles. The predicted octanol–water partition coefficient (Wildman–Crippen LogP) is 3.16. The molecule has 0 atom stereocenters. The maximum atomic E-state index is 7.38. The number of hydrogen-bond acceptors (Lipinski definition) is 3. The van der Waals surface area contributed by atoms with E-state index < -0.39 is 0 Å². The number of allylic oxidation sites excluding steroid dienone is 2. The third kappa shape index (κ3) is 4.15. The van der Waals surface area contributed by atoms with E-state index in [9.17, 15) is 0 Å². The first-order valence-electron chi connectivity index (χ1n) is 5.28. The van der Waals surface area contributed by atoms with Crippen LogP contribution in [-0.4, -0.2) is 20.1 Å². The van der Waals surface area contributed by atoms with E-state index in [1.807, 2.05) is 31.2 Å². The summed E-state index contributed by atoms with van der Waals surface area (Å²) in [6.45, 7) is 2.04. The Balaban J connectivity index is 2.94. The van der Waals surface area contributed by atoms with Gasteiger partial charge in [0.05, 0.1) is 20.5 Å². The molecule has 0 spiro atoms. The van der Waals surface area contributed by atoms with Crippen LogP contribution < -0.4 is 0 Å². The van der Waals surface area contributed by atoms with E-state index in [2.05, 4.69) is 0 Å². The molecule has 0 unspecified atom stereocenters. The fourth-order valence-electron chi connectivity index (χ4n) is 1.31. The average molecular weight is 231 g/mol. The molecule has 0 saturated carbocycles. The zero-order valence-electron chi connectivity index (χ0n) is 10.4. The molecule has 1 N–H and O–H groups in total. The highest BCUT2D eigenvalue weighted by Gasteiger charge is 1.98. The molecule has 0 bridgehead atoms. The summed E-state index contributed by atoms with van der Waals surface area (Å²) in [5.74, 6) is 0.110. The van der Waals surface area contributed by atoms with E-state index in [4.69, 9.17) is 14.9 Å². The zero-order chi connectivity index (χ0) is 12.7. The number of nitrogens with one attached hydrogen (secondary N) is 1. The lowest BCUT2D eigenvalue weighted by Gasteiger charge is -2.03. The van der Waals surface area contributed by atoms with Crippen LogP contribution in [0.2, 0.25) is 0 Å². The van der Waals surface area contributed by atoms with Gasteiger partial charge in [0, 0.05) is 11.6 Å². The van der Waals surface area contributed by atoms with Gasteiger partial charge in [0.1, 0.15) is 0 Å². The molecule has 0 aromatic heterocycles. The highest BCUT2D eigenvalue weighted by Crippen LogP contribution is 2.16. The van der Waals surface area contributed by atoms with E-state index in [1.54, 1.807) is 25.5 Å². The van der Waals surface area contributed by atoms with Crippen molar-refractivity contribution in [2.45, 2.75) is 6.92 Å². The number of ether oxygens (including phenoxy) is 2. The molecule has 90 valence electrons. The van der Waals surface area contributed by atoms with Gasteiger partial charge in [-0.2, -0.15) is 0 Å². The van der Waals surface area contributed by atoms with Crippen LogP contribution in [0.15, 0.2) is 42.7 Å². The van der Waals surface area contributed by atoms with Crippen LogP contribution in [0.5, 0.6) is 0 Å². The molecule has 17 heavy (non-hydrogen) atoms. The largest absolute Gasteiger partial charge is 0.504 e. The lowest BCUT2D eigenvalue weighted by molar-refractivity contribution is 0.340. The lowest BCUT2D eigenvalue weighted by atomic mass is 10.1. The summed E-state index contributed by atoms with van der Waals surface area (Å²) in [5, 5.41) is 7.38. The van der Waals surface area contributed by atoms with E-state index in [-0.39, 0.29) is 5.90 Å². The van der Waals surface area contributed by atoms with Gasteiger partial charge in [-0.05, 0) is 18.6 Å². The molecule has 0 fully saturated rings. The smallest absolute Gasteiger partial charge is 0.205 e. The highest BCUT2D eigenvalue weighted by atomic mass is 16.5. The number of methoxy groups -OCH3 is 2. The summed E-state index contributed by atoms with van der Waals surface area (Å²) < 4.78 is 9.79. The zero-order valence-corrected chi connectivity index (χ0v) is 10.4. The fraction of sp³-hybridized carbons (Fsp3) is 0.214. The van der Waals surface area contributed by atoms with Crippen molar-refractivity contribution in [3.8, 4) is 0 Å². The average Bonchev–Trinajstić information content (AvgIpc) is 2.35. The summed E-state index contributed by atoms with van der Waals surface area (Å²) >= 11 is 0. The molecule has 0 aliphatic carbocycles. The SMILES string of the molecule is CO/C=C(/C=C\C(=N)OC)c1ccc(C)cc1. The van der Waals surface area contributed by atoms with Crippen LogP contribution in [0.1, 0.15) is 11.1 Å². The van der Waals surface area contributed by atoms with Crippen LogP contribution in [0.4, 0.5) is 0 Å². The molecule has 1 rings (SSSR count). The molecule has 0 radical (unpaired) electrons. The van der Waals surface area contributed by atoms with Crippen LogP contribution >= 0.6 is 0 Å². The normalized spacial score (nSPS) is 11.6. The van der Waals surface area contributed by atoms with Crippen molar-refractivity contribution in [1.82, 2.24) is 0 Å². The monoisotopic (exact) mass is 231 g/mol. The lowest BCUT2D eigenvalue weighted by Crippen LogP contribution is -1.93. The van der Waals surface area contributed by atoms with Crippen molar-refractivity contribution < 1.29 is 9.47 Å². The van der Waals surface area contributed by atoms with Gasteiger partial charge in [-0.25, -0.2) is 0 Å². The van der Waals surface area contributed by atoms with Gasteiger partial charge in [0.25, 0.3) is 0 Å². The third-order valence-corrected chi connectivity index (χ3v) is 2.26. The van der Waals surface area contributed by atoms with Gasteiger partial charge in [-0.1, -0.05) is 29.8 Å². The Hall–Kier alpha value is -2.03. The first-order chi connectivity index (χ1) is 8.17. The highest BCUT2D eigenvalue weighted by molar-refractivity contribution is 5.88. The van der Waals surface area contributed by atoms with E-state index in [0.29, 0.717) is 0 Å². The van der Waals surface area contributed by atoms with Gasteiger partial charge in [0.15, 0.2) is 0 Å². The Bertz CT molecular complexity index is 430. The molecule has 0 saturated heterocycles. The van der Waals surface area contributed by atoms with Crippen LogP contribution in [0.3, 0.4) is 0 Å². The Morgan fingerprint density at radius 3 is 2.29 bits per heavy atom. The van der Waals surface area contributed by atoms with E-state index in [1.165, 1.54) is 12.7 Å². The summed E-state index contributed by atoms with van der Waals surface area (Å²) in [4.78, 5) is 0. The van der Waals surface area contributed by atoms with Crippen LogP contribution in [0.25, 0.3) is 5.57 Å². The summed E-state index contributed by atoms with van der Waals surface area (Å²) in [7, 11) is 3.07. The second kappa shape index (κ2) is 6.53. The molecular weight excluding hydrogens is 214 g/mol. The Kier molecular flexibility index (Phi) is 5.01. The summed E-state index contributed by atoms with van der Waals surface area (Å²) in [5.41, 5.74) is 3.14. The number of benzene rings is 1. The van der Waals surface area contributed by atoms with Crippen molar-refractivity contribution in [2.24, 2.45) is 0 Å². The molecular formula is C14H17NO2. The minimum absolute atomic E-state index is 0.110. The van der Waals surface area contributed by atoms with Crippen LogP contribution in [-0.2, 0) is 9.47 Å². The van der Waals surface area contributed by atoms with Crippen molar-refractivity contribution in [3.05, 3.63) is 53.8 Å². The van der Waals surface area contributed by atoms with Crippen molar-refractivity contribution in [1.29, 1.82) is 5.41 Å². The van der Waals surface area contributed by atoms with Gasteiger partial charge >= 0.3 is 0 Å². The van der Waals surface area contributed by atoms with Crippen LogP contribution in [0, 0.1) is 12.3 Å². The van der Waals surface area contributed by atoms with Gasteiger partial charge in [0.2, 0.25) is 5.90 Å². The maximum Gasteiger partial charge on any atom is 0.205 e. The van der Waals surface area contributed by atoms with Crippen molar-refractivity contribution in [2.75, 3.05) is 14.2 Å². The summed E-state index contributed by atoms with van der Waals surface area (Å²) in [6.07, 6.45) is 5.02. The van der Waals surface area contributed by atoms with Gasteiger partial charge in [-0.15, -0.1) is 0 Å². The first-order valence-corrected chi connectivity index (χ1v) is 5.28. The predicted molar refractivity (Wildman–Crippen MR) is 70.0 cm³/mol. The second-order valence-corrected chi connectivity index (χ2v) is 3.58. The molecule has 0 amide bonds. The molecule has 3 nitrogen and oxygen atoms in total. The Morgan fingerprint density at radius 1 is 1.12 bits per heavy atom. The van der Waals surface area contributed by atoms with Gasteiger partial charge < -0.3 is 9.47 Å². The summed E-state index contributed by atoms with van der Waals surface area (Å²) in [6, 6.07) is 8.10. The third-order valence-electron chi connectivity index (χ3n) is 2.26. The molecule has 3 heteroatoms. The minimum Gasteiger partial charge on any atom is -0.504 e. The maximum absolute atomic E-state index is 7.38. The Labute approximate surface area is 102 Å². The number of hydrogen-bond donors (Lipinski definition) is 1. The Morgan fingerprint density at radius 2 is 1.76 bits per heavy atom. The molecule has 0 aliphatic heterocycles. The fourth-order valence-corrected chi connectivity index (χ4v) is 1.31. The minimum atomic E-state index is 0.110.